The first-order valence-corrected chi connectivity index (χ1v) is 5.63. The van der Waals surface area contributed by atoms with Crippen molar-refractivity contribution in [1.82, 2.24) is 15.2 Å². The lowest BCUT2D eigenvalue weighted by Gasteiger charge is -2.20. The predicted molar refractivity (Wildman–Crippen MR) is 62.2 cm³/mol. The Morgan fingerprint density at radius 3 is 2.94 bits per heavy atom. The molecule has 1 aromatic heterocycles. The molecule has 1 atom stereocenters. The van der Waals surface area contributed by atoms with Crippen LogP contribution < -0.4 is 5.32 Å². The first-order chi connectivity index (χ1) is 7.77. The maximum atomic E-state index is 12.0. The fraction of sp³-hybridized carbons (Fsp3) is 0.500. The number of carbonyl (C=O) groups excluding carboxylic acids is 1. The van der Waals surface area contributed by atoms with E-state index in [0.29, 0.717) is 11.5 Å². The van der Waals surface area contributed by atoms with Crippen LogP contribution in [0.2, 0.25) is 0 Å². The minimum absolute atomic E-state index is 0.0781. The SMILES string of the molecule is CN(CC1CCNC1)C(=O)c1ccncc1. The van der Waals surface area contributed by atoms with E-state index in [9.17, 15) is 4.79 Å². The lowest BCUT2D eigenvalue weighted by atomic mass is 10.1. The summed E-state index contributed by atoms with van der Waals surface area (Å²) in [6.45, 7) is 2.92. The van der Waals surface area contributed by atoms with E-state index in [2.05, 4.69) is 10.3 Å². The highest BCUT2D eigenvalue weighted by molar-refractivity contribution is 5.93. The van der Waals surface area contributed by atoms with E-state index in [4.69, 9.17) is 0 Å². The molecular formula is C12H17N3O. The maximum absolute atomic E-state index is 12.0. The van der Waals surface area contributed by atoms with Gasteiger partial charge in [0.05, 0.1) is 0 Å². The van der Waals surface area contributed by atoms with Crippen LogP contribution in [0, 0.1) is 5.92 Å². The number of pyridine rings is 1. The van der Waals surface area contributed by atoms with Crippen LogP contribution >= 0.6 is 0 Å². The number of amides is 1. The van der Waals surface area contributed by atoms with Crippen LogP contribution in [-0.4, -0.2) is 42.5 Å². The standard InChI is InChI=1S/C12H17N3O/c1-15(9-10-2-5-14-8-10)12(16)11-3-6-13-7-4-11/h3-4,6-7,10,14H,2,5,8-9H2,1H3. The van der Waals surface area contributed by atoms with Gasteiger partial charge >= 0.3 is 0 Å². The molecule has 1 amide bonds. The Balaban J connectivity index is 1.94. The highest BCUT2D eigenvalue weighted by Crippen LogP contribution is 2.10. The molecule has 0 aromatic carbocycles. The van der Waals surface area contributed by atoms with Crippen molar-refractivity contribution < 1.29 is 4.79 Å². The molecule has 0 radical (unpaired) electrons. The highest BCUT2D eigenvalue weighted by Gasteiger charge is 2.19. The number of nitrogens with one attached hydrogen (secondary N) is 1. The summed E-state index contributed by atoms with van der Waals surface area (Å²) in [6.07, 6.45) is 4.46. The van der Waals surface area contributed by atoms with Gasteiger partial charge in [-0.3, -0.25) is 9.78 Å². The van der Waals surface area contributed by atoms with Gasteiger partial charge in [0.15, 0.2) is 0 Å². The van der Waals surface area contributed by atoms with E-state index in [0.717, 1.165) is 26.1 Å². The molecule has 2 heterocycles. The van der Waals surface area contributed by atoms with Gasteiger partial charge in [-0.05, 0) is 37.6 Å². The molecule has 1 fully saturated rings. The van der Waals surface area contributed by atoms with Crippen molar-refractivity contribution in [2.24, 2.45) is 5.92 Å². The maximum Gasteiger partial charge on any atom is 0.253 e. The molecule has 86 valence electrons. The Labute approximate surface area is 95.7 Å². The number of rotatable bonds is 3. The van der Waals surface area contributed by atoms with E-state index in [-0.39, 0.29) is 5.91 Å². The van der Waals surface area contributed by atoms with Gasteiger partial charge in [0, 0.05) is 31.5 Å². The summed E-state index contributed by atoms with van der Waals surface area (Å²) >= 11 is 0. The third kappa shape index (κ3) is 2.58. The van der Waals surface area contributed by atoms with Gasteiger partial charge in [0.25, 0.3) is 5.91 Å². The topological polar surface area (TPSA) is 45.2 Å². The fourth-order valence-corrected chi connectivity index (χ4v) is 2.06. The van der Waals surface area contributed by atoms with E-state index >= 15 is 0 Å². The number of hydrogen-bond donors (Lipinski definition) is 1. The summed E-state index contributed by atoms with van der Waals surface area (Å²) < 4.78 is 0. The van der Waals surface area contributed by atoms with Gasteiger partial charge in [-0.1, -0.05) is 0 Å². The minimum atomic E-state index is 0.0781. The molecule has 1 aliphatic rings. The summed E-state index contributed by atoms with van der Waals surface area (Å²) in [5.74, 6) is 0.671. The normalized spacial score (nSPS) is 19.7. The molecule has 1 N–H and O–H groups in total. The van der Waals surface area contributed by atoms with Crippen molar-refractivity contribution in [1.29, 1.82) is 0 Å². The quantitative estimate of drug-likeness (QED) is 0.816. The van der Waals surface area contributed by atoms with Crippen LogP contribution in [0.4, 0.5) is 0 Å². The van der Waals surface area contributed by atoms with Crippen LogP contribution in [-0.2, 0) is 0 Å². The number of carbonyl (C=O) groups is 1. The Hall–Kier alpha value is -1.42. The first-order valence-electron chi connectivity index (χ1n) is 5.63. The van der Waals surface area contributed by atoms with E-state index in [1.54, 1.807) is 29.4 Å². The highest BCUT2D eigenvalue weighted by atomic mass is 16.2. The van der Waals surface area contributed by atoms with Gasteiger partial charge in [-0.2, -0.15) is 0 Å². The molecule has 0 spiro atoms. The lowest BCUT2D eigenvalue weighted by Crippen LogP contribution is -2.32. The number of aromatic nitrogens is 1. The van der Waals surface area contributed by atoms with Crippen molar-refractivity contribution in [3.63, 3.8) is 0 Å². The second-order valence-corrected chi connectivity index (χ2v) is 4.28. The average Bonchev–Trinajstić information content (AvgIpc) is 2.82. The zero-order chi connectivity index (χ0) is 11.4. The van der Waals surface area contributed by atoms with Gasteiger partial charge in [-0.25, -0.2) is 0 Å². The van der Waals surface area contributed by atoms with Crippen molar-refractivity contribution in [2.75, 3.05) is 26.7 Å². The second-order valence-electron chi connectivity index (χ2n) is 4.28. The second kappa shape index (κ2) is 5.07. The van der Waals surface area contributed by atoms with Crippen LogP contribution in [0.25, 0.3) is 0 Å². The average molecular weight is 219 g/mol. The van der Waals surface area contributed by atoms with Gasteiger partial charge in [-0.15, -0.1) is 0 Å². The van der Waals surface area contributed by atoms with Gasteiger partial charge in [0.1, 0.15) is 0 Å². The largest absolute Gasteiger partial charge is 0.341 e. The smallest absolute Gasteiger partial charge is 0.253 e. The summed E-state index contributed by atoms with van der Waals surface area (Å²) in [6, 6.07) is 3.51. The molecule has 0 bridgehead atoms. The van der Waals surface area contributed by atoms with Crippen molar-refractivity contribution >= 4 is 5.91 Å². The van der Waals surface area contributed by atoms with E-state index < -0.39 is 0 Å². The molecule has 1 saturated heterocycles. The Bertz CT molecular complexity index is 347. The van der Waals surface area contributed by atoms with E-state index in [1.165, 1.54) is 0 Å². The number of hydrogen-bond acceptors (Lipinski definition) is 3. The molecule has 1 aliphatic heterocycles. The predicted octanol–water partition coefficient (Wildman–Crippen LogP) is 0.763. The van der Waals surface area contributed by atoms with Crippen molar-refractivity contribution in [3.8, 4) is 0 Å². The van der Waals surface area contributed by atoms with Crippen molar-refractivity contribution in [3.05, 3.63) is 30.1 Å². The molecule has 0 saturated carbocycles. The summed E-state index contributed by atoms with van der Waals surface area (Å²) in [5.41, 5.74) is 0.712. The Morgan fingerprint density at radius 2 is 2.31 bits per heavy atom. The number of nitrogens with zero attached hydrogens (tertiary/aromatic N) is 2. The molecule has 0 aliphatic carbocycles. The third-order valence-electron chi connectivity index (χ3n) is 2.97. The van der Waals surface area contributed by atoms with Crippen LogP contribution in [0.15, 0.2) is 24.5 Å². The third-order valence-corrected chi connectivity index (χ3v) is 2.97. The molecule has 4 nitrogen and oxygen atoms in total. The summed E-state index contributed by atoms with van der Waals surface area (Å²) in [5, 5.41) is 3.31. The molecule has 1 aromatic rings. The van der Waals surface area contributed by atoms with Gasteiger partial charge < -0.3 is 10.2 Å². The fourth-order valence-electron chi connectivity index (χ4n) is 2.06. The van der Waals surface area contributed by atoms with Crippen LogP contribution in [0.1, 0.15) is 16.8 Å². The Kier molecular flexibility index (Phi) is 3.51. The van der Waals surface area contributed by atoms with Crippen molar-refractivity contribution in [2.45, 2.75) is 6.42 Å². The monoisotopic (exact) mass is 219 g/mol. The van der Waals surface area contributed by atoms with E-state index in [1.807, 2.05) is 7.05 Å². The summed E-state index contributed by atoms with van der Waals surface area (Å²) in [4.78, 5) is 17.7. The molecule has 2 rings (SSSR count). The van der Waals surface area contributed by atoms with Crippen LogP contribution in [0.3, 0.4) is 0 Å². The Morgan fingerprint density at radius 1 is 1.56 bits per heavy atom. The molecular weight excluding hydrogens is 202 g/mol. The summed E-state index contributed by atoms with van der Waals surface area (Å²) in [7, 11) is 1.86. The molecule has 4 heteroatoms. The van der Waals surface area contributed by atoms with Gasteiger partial charge in [0.2, 0.25) is 0 Å². The molecule has 1 unspecified atom stereocenters. The zero-order valence-corrected chi connectivity index (χ0v) is 9.52. The first kappa shape index (κ1) is 11.1. The molecule has 16 heavy (non-hydrogen) atoms. The van der Waals surface area contributed by atoms with Crippen LogP contribution in [0.5, 0.6) is 0 Å². The zero-order valence-electron chi connectivity index (χ0n) is 9.52. The minimum Gasteiger partial charge on any atom is -0.341 e. The lowest BCUT2D eigenvalue weighted by molar-refractivity contribution is 0.0776.